The third-order valence-electron chi connectivity index (χ3n) is 5.07. The SMILES string of the molecule is N=C1C(=N)c2cccc(c2)C(=N)C(=N)c2cccc(c2)C(=N)C(=N)c2cccc1c2. The van der Waals surface area contributed by atoms with Gasteiger partial charge in [-0.15, -0.1) is 0 Å². The molecule has 0 spiro atoms. The summed E-state index contributed by atoms with van der Waals surface area (Å²) in [6, 6.07) is 20.3. The first kappa shape index (κ1) is 19.0. The maximum Gasteiger partial charge on any atom is 0.0867 e. The standard InChI is InChI=1S/C24H18N6/c25-19-13-4-1-5-14(10-13)20(26)22(28)16-7-3-9-18(12-16)24(30)23(29)17-8-2-6-15(11-17)21(19)27/h1-12,25-30H. The van der Waals surface area contributed by atoms with Gasteiger partial charge in [0.25, 0.3) is 0 Å². The van der Waals surface area contributed by atoms with Crippen LogP contribution in [0.1, 0.15) is 33.4 Å². The van der Waals surface area contributed by atoms with Crippen molar-refractivity contribution in [2.24, 2.45) is 0 Å². The van der Waals surface area contributed by atoms with Crippen LogP contribution < -0.4 is 0 Å². The minimum atomic E-state index is -0.00891. The minimum Gasteiger partial charge on any atom is -0.298 e. The molecule has 30 heavy (non-hydrogen) atoms. The minimum absolute atomic E-state index is 0.00891. The lowest BCUT2D eigenvalue weighted by Gasteiger charge is -2.11. The van der Waals surface area contributed by atoms with E-state index in [0.717, 1.165) is 0 Å². The Morgan fingerprint density at radius 3 is 0.633 bits per heavy atom. The maximum atomic E-state index is 8.48. The molecule has 0 radical (unpaired) electrons. The second-order valence-corrected chi connectivity index (χ2v) is 6.99. The lowest BCUT2D eigenvalue weighted by Crippen LogP contribution is -2.18. The summed E-state index contributed by atoms with van der Waals surface area (Å²) >= 11 is 0. The van der Waals surface area contributed by atoms with Gasteiger partial charge in [-0.3, -0.25) is 32.5 Å². The summed E-state index contributed by atoms with van der Waals surface area (Å²) in [5.74, 6) is 0. The van der Waals surface area contributed by atoms with Crippen LogP contribution in [0.2, 0.25) is 0 Å². The van der Waals surface area contributed by atoms with E-state index in [-0.39, 0.29) is 34.3 Å². The lowest BCUT2D eigenvalue weighted by atomic mass is 9.94. The largest absolute Gasteiger partial charge is 0.298 e. The van der Waals surface area contributed by atoms with Gasteiger partial charge in [-0.1, -0.05) is 54.6 Å². The summed E-state index contributed by atoms with van der Waals surface area (Å²) in [7, 11) is 0. The second-order valence-electron chi connectivity index (χ2n) is 6.99. The van der Waals surface area contributed by atoms with Gasteiger partial charge in [0.05, 0.1) is 34.3 Å². The lowest BCUT2D eigenvalue weighted by molar-refractivity contribution is 1.43. The van der Waals surface area contributed by atoms with E-state index in [9.17, 15) is 0 Å². The molecule has 6 nitrogen and oxygen atoms in total. The van der Waals surface area contributed by atoms with Crippen LogP contribution in [0.4, 0.5) is 0 Å². The van der Waals surface area contributed by atoms with Crippen molar-refractivity contribution in [3.63, 3.8) is 0 Å². The molecule has 0 aromatic heterocycles. The van der Waals surface area contributed by atoms with Crippen molar-refractivity contribution in [1.82, 2.24) is 0 Å². The molecular formula is C24H18N6. The van der Waals surface area contributed by atoms with Gasteiger partial charge < -0.3 is 0 Å². The fraction of sp³-hybridized carbons (Fsp3) is 0. The zero-order chi connectivity index (χ0) is 21.4. The van der Waals surface area contributed by atoms with Crippen LogP contribution >= 0.6 is 0 Å². The van der Waals surface area contributed by atoms with Crippen molar-refractivity contribution < 1.29 is 0 Å². The normalized spacial score (nSPS) is 14.4. The highest BCUT2D eigenvalue weighted by molar-refractivity contribution is 6.55. The Labute approximate surface area is 173 Å². The van der Waals surface area contributed by atoms with Crippen LogP contribution in [0.25, 0.3) is 0 Å². The third-order valence-corrected chi connectivity index (χ3v) is 5.07. The smallest absolute Gasteiger partial charge is 0.0867 e. The maximum absolute atomic E-state index is 8.48. The fourth-order valence-corrected chi connectivity index (χ4v) is 3.36. The van der Waals surface area contributed by atoms with E-state index >= 15 is 0 Å². The molecule has 0 fully saturated rings. The van der Waals surface area contributed by atoms with Gasteiger partial charge in [0.15, 0.2) is 0 Å². The first-order chi connectivity index (χ1) is 14.4. The monoisotopic (exact) mass is 390 g/mol. The molecule has 0 unspecified atom stereocenters. The molecule has 0 saturated heterocycles. The van der Waals surface area contributed by atoms with E-state index in [4.69, 9.17) is 32.5 Å². The van der Waals surface area contributed by atoms with E-state index in [1.54, 1.807) is 72.8 Å². The number of benzene rings is 3. The summed E-state index contributed by atoms with van der Waals surface area (Å²) < 4.78 is 0. The quantitative estimate of drug-likeness (QED) is 0.325. The van der Waals surface area contributed by atoms with E-state index in [0.29, 0.717) is 33.4 Å². The molecule has 4 rings (SSSR count). The zero-order valence-electron chi connectivity index (χ0n) is 15.9. The van der Waals surface area contributed by atoms with Gasteiger partial charge in [-0.05, 0) is 18.2 Å². The van der Waals surface area contributed by atoms with Crippen molar-refractivity contribution in [2.75, 3.05) is 0 Å². The number of rotatable bonds is 0. The Kier molecular flexibility index (Phi) is 4.60. The first-order valence-corrected chi connectivity index (χ1v) is 9.21. The van der Waals surface area contributed by atoms with Crippen molar-refractivity contribution >= 4 is 34.3 Å². The number of nitrogens with one attached hydrogen (secondary N) is 6. The van der Waals surface area contributed by atoms with Crippen LogP contribution in [-0.4, -0.2) is 34.3 Å². The first-order valence-electron chi connectivity index (χ1n) is 9.21. The van der Waals surface area contributed by atoms with Crippen LogP contribution in [0.15, 0.2) is 72.8 Å². The Bertz CT molecular complexity index is 1050. The number of hydrogen-bond acceptors (Lipinski definition) is 6. The Hall–Kier alpha value is -4.32. The highest BCUT2D eigenvalue weighted by Gasteiger charge is 2.19. The van der Waals surface area contributed by atoms with Crippen LogP contribution in [0, 0.1) is 32.5 Å². The van der Waals surface area contributed by atoms with Crippen LogP contribution in [0.3, 0.4) is 0 Å². The second kappa shape index (κ2) is 7.25. The summed E-state index contributed by atoms with van der Waals surface area (Å²) in [6.07, 6.45) is 0. The molecule has 0 heterocycles. The molecule has 0 atom stereocenters. The van der Waals surface area contributed by atoms with Gasteiger partial charge in [0.2, 0.25) is 0 Å². The van der Waals surface area contributed by atoms with Crippen molar-refractivity contribution in [1.29, 1.82) is 32.5 Å². The van der Waals surface area contributed by atoms with Crippen molar-refractivity contribution in [3.05, 3.63) is 106 Å². The molecule has 1 aliphatic carbocycles. The van der Waals surface area contributed by atoms with Crippen molar-refractivity contribution in [2.45, 2.75) is 0 Å². The van der Waals surface area contributed by atoms with E-state index < -0.39 is 0 Å². The fourth-order valence-electron chi connectivity index (χ4n) is 3.36. The van der Waals surface area contributed by atoms with E-state index in [2.05, 4.69) is 0 Å². The number of hydrogen-bond donors (Lipinski definition) is 6. The molecule has 3 aromatic carbocycles. The van der Waals surface area contributed by atoms with Crippen molar-refractivity contribution in [3.8, 4) is 0 Å². The van der Waals surface area contributed by atoms with Gasteiger partial charge >= 0.3 is 0 Å². The molecule has 0 aliphatic heterocycles. The van der Waals surface area contributed by atoms with E-state index in [1.165, 1.54) is 0 Å². The molecule has 0 saturated carbocycles. The molecule has 6 N–H and O–H groups in total. The topological polar surface area (TPSA) is 143 Å². The van der Waals surface area contributed by atoms with Gasteiger partial charge in [0, 0.05) is 33.4 Å². The Balaban J connectivity index is 1.95. The molecule has 144 valence electrons. The number of fused-ring (bicyclic) bond motifs is 6. The summed E-state index contributed by atoms with van der Waals surface area (Å²) in [4.78, 5) is 0. The molecular weight excluding hydrogens is 372 g/mol. The Morgan fingerprint density at radius 2 is 0.467 bits per heavy atom. The van der Waals surface area contributed by atoms with Gasteiger partial charge in [-0.25, -0.2) is 0 Å². The highest BCUT2D eigenvalue weighted by atomic mass is 14.6. The third kappa shape index (κ3) is 3.20. The van der Waals surface area contributed by atoms with Gasteiger partial charge in [-0.2, -0.15) is 0 Å². The average molecular weight is 390 g/mol. The Morgan fingerprint density at radius 1 is 0.300 bits per heavy atom. The average Bonchev–Trinajstić information content (AvgIpc) is 2.80. The predicted molar refractivity (Wildman–Crippen MR) is 120 cm³/mol. The molecule has 0 amide bonds. The van der Waals surface area contributed by atoms with Gasteiger partial charge in [0.1, 0.15) is 0 Å². The highest BCUT2D eigenvalue weighted by Crippen LogP contribution is 2.17. The molecule has 6 bridgehead atoms. The zero-order valence-corrected chi connectivity index (χ0v) is 15.9. The summed E-state index contributed by atoms with van der Waals surface area (Å²) in [6.45, 7) is 0. The van der Waals surface area contributed by atoms with Crippen LogP contribution in [0.5, 0.6) is 0 Å². The molecule has 6 heteroatoms. The molecule has 1 aliphatic rings. The van der Waals surface area contributed by atoms with Crippen LogP contribution in [-0.2, 0) is 0 Å². The summed E-state index contributed by atoms with van der Waals surface area (Å²) in [5.41, 5.74) is 2.82. The molecule has 3 aromatic rings. The predicted octanol–water partition coefficient (Wildman–Crippen LogP) is 4.31. The van der Waals surface area contributed by atoms with E-state index in [1.807, 2.05) is 0 Å². The summed E-state index contributed by atoms with van der Waals surface area (Å²) in [5, 5.41) is 50.9.